The molecule has 5 aromatic rings. The Hall–Kier alpha value is -4.05. The van der Waals surface area contributed by atoms with Crippen molar-refractivity contribution in [1.29, 1.82) is 0 Å². The Balaban J connectivity index is 1.45. The molecule has 0 amide bonds. The first-order valence-corrected chi connectivity index (χ1v) is 26.0. The average Bonchev–Trinajstić information content (AvgIpc) is 3.89. The second kappa shape index (κ2) is 16.9. The minimum absolute atomic E-state index is 0.214. The molecule has 0 fully saturated rings. The van der Waals surface area contributed by atoms with Crippen molar-refractivity contribution in [3.63, 3.8) is 0 Å². The van der Waals surface area contributed by atoms with Crippen LogP contribution >= 0.6 is 47.0 Å². The predicted molar refractivity (Wildman–Crippen MR) is 248 cm³/mol. The number of ether oxygens (including phenoxy) is 2. The summed E-state index contributed by atoms with van der Waals surface area (Å²) in [5, 5.41) is 4.11. The number of carbonyl (C=O) groups is 2. The van der Waals surface area contributed by atoms with Crippen LogP contribution in [0.5, 0.6) is 11.5 Å². The molecule has 0 aromatic heterocycles. The standard InChI is InChI=1S/C46H46O6S4Si2/c1-45(2,3)57(31-21-13-9-14-22-31,32-23-15-10-16-24-32)51-35-29-30-36(52-58(46(4,5)6,33-25-17-11-18-26-33)34-27-19-12-20-28-34)38-37(35)53-43(54-38)44-55-39(41(47)49-7)40(56-44)42(48)50-8/h9-30H,1-8H3. The highest BCUT2D eigenvalue weighted by molar-refractivity contribution is 8.33. The van der Waals surface area contributed by atoms with Crippen LogP contribution < -0.4 is 29.6 Å². The largest absolute Gasteiger partial charge is 0.533 e. The van der Waals surface area contributed by atoms with E-state index in [1.807, 2.05) is 24.3 Å². The SMILES string of the molecule is COC(=O)C1=C(C(=O)OC)SC(=C2Sc3c(O[Si](c4ccccc4)(c4ccccc4)C(C)(C)C)ccc(O[Si](c4ccccc4)(c4ccccc4)C(C)(C)C)c3S2)S1. The molecule has 0 unspecified atom stereocenters. The van der Waals surface area contributed by atoms with Crippen molar-refractivity contribution >= 4 is 96.4 Å². The number of benzene rings is 5. The predicted octanol–water partition coefficient (Wildman–Crippen LogP) is 9.93. The van der Waals surface area contributed by atoms with Crippen LogP contribution in [0, 0.1) is 0 Å². The molecule has 12 heteroatoms. The maximum atomic E-state index is 13.0. The van der Waals surface area contributed by atoms with Gasteiger partial charge in [-0.25, -0.2) is 9.59 Å². The molecule has 0 bridgehead atoms. The zero-order valence-corrected chi connectivity index (χ0v) is 39.1. The molecule has 0 radical (unpaired) electrons. The lowest BCUT2D eigenvalue weighted by atomic mass is 10.2. The fourth-order valence-corrected chi connectivity index (χ4v) is 22.0. The monoisotopic (exact) mass is 878 g/mol. The summed E-state index contributed by atoms with van der Waals surface area (Å²) < 4.78 is 27.4. The maximum absolute atomic E-state index is 13.0. The van der Waals surface area contributed by atoms with E-state index in [9.17, 15) is 9.59 Å². The Morgan fingerprint density at radius 1 is 0.431 bits per heavy atom. The van der Waals surface area contributed by atoms with E-state index in [0.29, 0.717) is 0 Å². The van der Waals surface area contributed by atoms with E-state index < -0.39 is 28.6 Å². The molecule has 0 atom stereocenters. The summed E-state index contributed by atoms with van der Waals surface area (Å²) in [4.78, 5) is 28.3. The number of hydrogen-bond donors (Lipinski definition) is 0. The van der Waals surface area contributed by atoms with Gasteiger partial charge in [-0.05, 0) is 43.0 Å². The second-order valence-corrected chi connectivity index (χ2v) is 28.9. The highest BCUT2D eigenvalue weighted by Crippen LogP contribution is 2.65. The summed E-state index contributed by atoms with van der Waals surface area (Å²) in [6.45, 7) is 13.6. The molecule has 6 nitrogen and oxygen atoms in total. The number of rotatable bonds is 10. The van der Waals surface area contributed by atoms with Gasteiger partial charge in [0.25, 0.3) is 0 Å². The molecule has 0 saturated heterocycles. The van der Waals surface area contributed by atoms with E-state index in [0.717, 1.165) is 29.8 Å². The molecule has 0 aliphatic carbocycles. The Morgan fingerprint density at radius 3 is 0.966 bits per heavy atom. The van der Waals surface area contributed by atoms with Gasteiger partial charge in [-0.1, -0.05) is 210 Å². The molecule has 0 N–H and O–H groups in total. The van der Waals surface area contributed by atoms with Crippen LogP contribution in [0.25, 0.3) is 0 Å². The normalized spacial score (nSPS) is 14.6. The lowest BCUT2D eigenvalue weighted by Crippen LogP contribution is -2.69. The van der Waals surface area contributed by atoms with E-state index in [1.54, 1.807) is 23.5 Å². The fourth-order valence-electron chi connectivity index (χ4n) is 7.64. The van der Waals surface area contributed by atoms with Gasteiger partial charge in [0, 0.05) is 0 Å². The highest BCUT2D eigenvalue weighted by atomic mass is 32.2. The van der Waals surface area contributed by atoms with E-state index in [1.165, 1.54) is 58.5 Å². The van der Waals surface area contributed by atoms with E-state index in [4.69, 9.17) is 18.3 Å². The van der Waals surface area contributed by atoms with Crippen molar-refractivity contribution in [2.24, 2.45) is 0 Å². The molecular formula is C46H46O6S4Si2. The quantitative estimate of drug-likeness (QED) is 0.100. The van der Waals surface area contributed by atoms with Gasteiger partial charge in [-0.15, -0.1) is 0 Å². The van der Waals surface area contributed by atoms with Crippen molar-refractivity contribution in [2.75, 3.05) is 14.2 Å². The average molecular weight is 879 g/mol. The highest BCUT2D eigenvalue weighted by Gasteiger charge is 2.54. The third-order valence-corrected chi connectivity index (χ3v) is 25.9. The minimum Gasteiger partial charge on any atom is -0.533 e. The summed E-state index contributed by atoms with van der Waals surface area (Å²) in [6, 6.07) is 46.6. The zero-order valence-electron chi connectivity index (χ0n) is 33.8. The number of carbonyl (C=O) groups excluding carboxylic acids is 2. The topological polar surface area (TPSA) is 71.1 Å². The lowest BCUT2D eigenvalue weighted by molar-refractivity contribution is -0.138. The molecule has 7 rings (SSSR count). The Labute approximate surface area is 360 Å². The van der Waals surface area contributed by atoms with Crippen LogP contribution in [0.3, 0.4) is 0 Å². The van der Waals surface area contributed by atoms with Crippen LogP contribution in [0.2, 0.25) is 10.1 Å². The first-order chi connectivity index (χ1) is 27.7. The third kappa shape index (κ3) is 7.63. The van der Waals surface area contributed by atoms with Crippen molar-refractivity contribution in [3.8, 4) is 11.5 Å². The number of methoxy groups -OCH3 is 2. The molecule has 298 valence electrons. The van der Waals surface area contributed by atoms with Gasteiger partial charge in [0.1, 0.15) is 21.3 Å². The van der Waals surface area contributed by atoms with Crippen molar-refractivity contribution in [1.82, 2.24) is 0 Å². The number of esters is 2. The minimum atomic E-state index is -3.06. The van der Waals surface area contributed by atoms with Gasteiger partial charge in [-0.3, -0.25) is 0 Å². The van der Waals surface area contributed by atoms with Crippen molar-refractivity contribution in [3.05, 3.63) is 152 Å². The third-order valence-electron chi connectivity index (χ3n) is 10.3. The summed E-state index contributed by atoms with van der Waals surface area (Å²) >= 11 is 5.65. The molecule has 2 aliphatic rings. The second-order valence-electron chi connectivity index (χ2n) is 15.9. The molecular weight excluding hydrogens is 833 g/mol. The zero-order chi connectivity index (χ0) is 41.3. The van der Waals surface area contributed by atoms with E-state index in [2.05, 4.69) is 151 Å². The van der Waals surface area contributed by atoms with Crippen LogP contribution in [0.4, 0.5) is 0 Å². The van der Waals surface area contributed by atoms with Gasteiger partial charge in [0.05, 0.1) is 32.5 Å². The molecule has 0 saturated carbocycles. The Kier molecular flexibility index (Phi) is 12.3. The van der Waals surface area contributed by atoms with Crippen LogP contribution in [-0.4, -0.2) is 42.8 Å². The Morgan fingerprint density at radius 2 is 0.707 bits per heavy atom. The van der Waals surface area contributed by atoms with Crippen LogP contribution in [0.1, 0.15) is 41.5 Å². The summed E-state index contributed by atoms with van der Waals surface area (Å²) in [6.07, 6.45) is 0. The van der Waals surface area contributed by atoms with Gasteiger partial charge >= 0.3 is 28.6 Å². The van der Waals surface area contributed by atoms with E-state index >= 15 is 0 Å². The summed E-state index contributed by atoms with van der Waals surface area (Å²) in [5.41, 5.74) is 0. The van der Waals surface area contributed by atoms with Crippen LogP contribution in [-0.2, 0) is 19.1 Å². The van der Waals surface area contributed by atoms with Crippen molar-refractivity contribution in [2.45, 2.75) is 61.4 Å². The van der Waals surface area contributed by atoms with Gasteiger partial charge in [0.15, 0.2) is 0 Å². The maximum Gasteiger partial charge on any atom is 0.346 e. The Bertz CT molecular complexity index is 2130. The smallest absolute Gasteiger partial charge is 0.346 e. The first-order valence-electron chi connectivity index (χ1n) is 18.9. The number of fused-ring (bicyclic) bond motifs is 1. The van der Waals surface area contributed by atoms with Gasteiger partial charge in [0.2, 0.25) is 0 Å². The summed E-state index contributed by atoms with van der Waals surface area (Å²) in [7, 11) is -3.48. The first kappa shape index (κ1) is 42.1. The van der Waals surface area contributed by atoms with E-state index in [-0.39, 0.29) is 19.9 Å². The molecule has 2 heterocycles. The summed E-state index contributed by atoms with van der Waals surface area (Å²) in [5.74, 6) is 0.361. The molecule has 2 aliphatic heterocycles. The molecule has 5 aromatic carbocycles. The number of hydrogen-bond acceptors (Lipinski definition) is 10. The van der Waals surface area contributed by atoms with Crippen molar-refractivity contribution < 1.29 is 27.9 Å². The lowest BCUT2D eigenvalue weighted by Gasteiger charge is -2.44. The number of thioether (sulfide) groups is 4. The van der Waals surface area contributed by atoms with Crippen LogP contribution in [0.15, 0.2) is 162 Å². The fraction of sp³-hybridized carbons (Fsp3) is 0.217. The molecule has 0 spiro atoms. The van der Waals surface area contributed by atoms with Gasteiger partial charge < -0.3 is 18.3 Å². The van der Waals surface area contributed by atoms with Gasteiger partial charge in [-0.2, -0.15) is 0 Å². The molecule has 58 heavy (non-hydrogen) atoms.